The molecule has 5 heteroatoms. The highest BCUT2D eigenvalue weighted by molar-refractivity contribution is 5.96. The number of nitrogens with two attached hydrogens (primary N) is 1. The second-order valence-electron chi connectivity index (χ2n) is 5.44. The van der Waals surface area contributed by atoms with Gasteiger partial charge >= 0.3 is 5.97 Å². The van der Waals surface area contributed by atoms with E-state index in [1.807, 2.05) is 42.5 Å². The Morgan fingerprint density at radius 2 is 1.67 bits per heavy atom. The quantitative estimate of drug-likeness (QED) is 0.790. The van der Waals surface area contributed by atoms with Gasteiger partial charge in [0.05, 0.1) is 7.11 Å². The van der Waals surface area contributed by atoms with E-state index in [1.165, 1.54) is 12.0 Å². The number of benzene rings is 2. The third kappa shape index (κ3) is 4.93. The van der Waals surface area contributed by atoms with Crippen molar-refractivity contribution in [3.05, 3.63) is 71.3 Å². The molecule has 0 aliphatic carbocycles. The molecule has 2 aromatic rings. The monoisotopic (exact) mass is 326 g/mol. The maximum atomic E-state index is 12.7. The molecule has 0 unspecified atom stereocenters. The van der Waals surface area contributed by atoms with Crippen molar-refractivity contribution < 1.29 is 14.3 Å². The van der Waals surface area contributed by atoms with Gasteiger partial charge in [-0.05, 0) is 29.7 Å². The number of ether oxygens (including phenoxy) is 1. The number of hydrogen-bond acceptors (Lipinski definition) is 4. The third-order valence-electron chi connectivity index (χ3n) is 3.78. The molecule has 0 radical (unpaired) electrons. The SMILES string of the molecule is COC(=O)CN(CCc1ccccc1)C(=O)c1ccc(CN)cc1. The van der Waals surface area contributed by atoms with Crippen LogP contribution in [0, 0.1) is 0 Å². The molecule has 2 aromatic carbocycles. The number of rotatable bonds is 7. The summed E-state index contributed by atoms with van der Waals surface area (Å²) < 4.78 is 4.71. The van der Waals surface area contributed by atoms with Gasteiger partial charge in [0.2, 0.25) is 0 Å². The smallest absolute Gasteiger partial charge is 0.325 e. The molecule has 0 fully saturated rings. The average molecular weight is 326 g/mol. The first kappa shape index (κ1) is 17.7. The predicted molar refractivity (Wildman–Crippen MR) is 92.4 cm³/mol. The fourth-order valence-corrected chi connectivity index (χ4v) is 2.35. The summed E-state index contributed by atoms with van der Waals surface area (Å²) in [4.78, 5) is 25.9. The Morgan fingerprint density at radius 3 is 2.25 bits per heavy atom. The Bertz CT molecular complexity index is 669. The van der Waals surface area contributed by atoms with E-state index in [1.54, 1.807) is 12.1 Å². The van der Waals surface area contributed by atoms with Crippen LogP contribution in [0.5, 0.6) is 0 Å². The summed E-state index contributed by atoms with van der Waals surface area (Å²) in [5.41, 5.74) is 8.17. The van der Waals surface area contributed by atoms with Crippen LogP contribution in [0.2, 0.25) is 0 Å². The molecule has 126 valence electrons. The molecule has 0 aliphatic rings. The maximum Gasteiger partial charge on any atom is 0.325 e. The van der Waals surface area contributed by atoms with Crippen molar-refractivity contribution in [2.45, 2.75) is 13.0 Å². The van der Waals surface area contributed by atoms with Crippen LogP contribution in [0.4, 0.5) is 0 Å². The van der Waals surface area contributed by atoms with Crippen LogP contribution in [0.3, 0.4) is 0 Å². The van der Waals surface area contributed by atoms with Gasteiger partial charge in [-0.3, -0.25) is 9.59 Å². The Labute approximate surface area is 142 Å². The highest BCUT2D eigenvalue weighted by Crippen LogP contribution is 2.09. The van der Waals surface area contributed by atoms with E-state index in [0.717, 1.165) is 11.1 Å². The summed E-state index contributed by atoms with van der Waals surface area (Å²) in [5, 5.41) is 0. The lowest BCUT2D eigenvalue weighted by Gasteiger charge is -2.21. The molecule has 0 heterocycles. The molecule has 24 heavy (non-hydrogen) atoms. The standard InChI is InChI=1S/C19H22N2O3/c1-24-18(22)14-21(12-11-15-5-3-2-4-6-15)19(23)17-9-7-16(13-20)8-10-17/h2-10H,11-14,20H2,1H3. The van der Waals surface area contributed by atoms with E-state index < -0.39 is 5.97 Å². The van der Waals surface area contributed by atoms with E-state index in [0.29, 0.717) is 25.1 Å². The van der Waals surface area contributed by atoms with Crippen LogP contribution in [-0.2, 0) is 22.5 Å². The molecule has 1 amide bonds. The fourth-order valence-electron chi connectivity index (χ4n) is 2.35. The number of esters is 1. The van der Waals surface area contributed by atoms with E-state index in [2.05, 4.69) is 0 Å². The molecule has 5 nitrogen and oxygen atoms in total. The minimum Gasteiger partial charge on any atom is -0.468 e. The lowest BCUT2D eigenvalue weighted by molar-refractivity contribution is -0.141. The van der Waals surface area contributed by atoms with Crippen LogP contribution in [0.1, 0.15) is 21.5 Å². The lowest BCUT2D eigenvalue weighted by Crippen LogP contribution is -2.37. The first-order valence-corrected chi connectivity index (χ1v) is 7.83. The second-order valence-corrected chi connectivity index (χ2v) is 5.44. The van der Waals surface area contributed by atoms with Crippen molar-refractivity contribution in [1.82, 2.24) is 4.90 Å². The molecule has 0 bridgehead atoms. The van der Waals surface area contributed by atoms with Crippen LogP contribution < -0.4 is 5.73 Å². The van der Waals surface area contributed by atoms with Crippen molar-refractivity contribution >= 4 is 11.9 Å². The summed E-state index contributed by atoms with van der Waals surface area (Å²) in [6.45, 7) is 0.797. The first-order chi connectivity index (χ1) is 11.6. The normalized spacial score (nSPS) is 10.2. The van der Waals surface area contributed by atoms with Crippen LogP contribution >= 0.6 is 0 Å². The Morgan fingerprint density at radius 1 is 1.00 bits per heavy atom. The largest absolute Gasteiger partial charge is 0.468 e. The highest BCUT2D eigenvalue weighted by atomic mass is 16.5. The van der Waals surface area contributed by atoms with Gasteiger partial charge in [0, 0.05) is 18.7 Å². The summed E-state index contributed by atoms with van der Waals surface area (Å²) >= 11 is 0. The molecular formula is C19H22N2O3. The van der Waals surface area contributed by atoms with E-state index in [9.17, 15) is 9.59 Å². The Balaban J connectivity index is 2.11. The van der Waals surface area contributed by atoms with Crippen molar-refractivity contribution in [2.24, 2.45) is 5.73 Å². The van der Waals surface area contributed by atoms with E-state index >= 15 is 0 Å². The van der Waals surface area contributed by atoms with Gasteiger partial charge in [-0.2, -0.15) is 0 Å². The molecule has 0 aromatic heterocycles. The third-order valence-corrected chi connectivity index (χ3v) is 3.78. The second kappa shape index (κ2) is 8.84. The zero-order chi connectivity index (χ0) is 17.4. The number of methoxy groups -OCH3 is 1. The molecule has 0 aliphatic heterocycles. The summed E-state index contributed by atoms with van der Waals surface area (Å²) in [5.74, 6) is -0.630. The molecule has 2 rings (SSSR count). The summed E-state index contributed by atoms with van der Waals surface area (Å²) in [7, 11) is 1.32. The van der Waals surface area contributed by atoms with Gasteiger partial charge in [0.15, 0.2) is 0 Å². The molecule has 0 spiro atoms. The van der Waals surface area contributed by atoms with Crippen LogP contribution in [0.25, 0.3) is 0 Å². The molecule has 0 atom stereocenters. The first-order valence-electron chi connectivity index (χ1n) is 7.83. The fraction of sp³-hybridized carbons (Fsp3) is 0.263. The van der Waals surface area contributed by atoms with Crippen LogP contribution in [0.15, 0.2) is 54.6 Å². The number of hydrogen-bond donors (Lipinski definition) is 1. The number of nitrogens with zero attached hydrogens (tertiary/aromatic N) is 1. The molecule has 0 saturated carbocycles. The van der Waals surface area contributed by atoms with Crippen molar-refractivity contribution in [3.63, 3.8) is 0 Å². The molecule has 2 N–H and O–H groups in total. The van der Waals surface area contributed by atoms with Crippen molar-refractivity contribution in [1.29, 1.82) is 0 Å². The maximum absolute atomic E-state index is 12.7. The van der Waals surface area contributed by atoms with Gasteiger partial charge < -0.3 is 15.4 Å². The minimum absolute atomic E-state index is 0.0686. The van der Waals surface area contributed by atoms with E-state index in [4.69, 9.17) is 10.5 Å². The summed E-state index contributed by atoms with van der Waals surface area (Å²) in [6, 6.07) is 16.9. The highest BCUT2D eigenvalue weighted by Gasteiger charge is 2.19. The van der Waals surface area contributed by atoms with E-state index in [-0.39, 0.29) is 12.5 Å². The lowest BCUT2D eigenvalue weighted by atomic mass is 10.1. The number of carbonyl (C=O) groups excluding carboxylic acids is 2. The Hall–Kier alpha value is -2.66. The summed E-state index contributed by atoms with van der Waals surface area (Å²) in [6.07, 6.45) is 0.671. The number of carbonyl (C=O) groups is 2. The Kier molecular flexibility index (Phi) is 6.51. The van der Waals surface area contributed by atoms with Gasteiger partial charge in [0.1, 0.15) is 6.54 Å². The topological polar surface area (TPSA) is 72.6 Å². The van der Waals surface area contributed by atoms with Crippen molar-refractivity contribution in [3.8, 4) is 0 Å². The number of amides is 1. The van der Waals surface area contributed by atoms with Gasteiger partial charge in [-0.25, -0.2) is 0 Å². The van der Waals surface area contributed by atoms with Gasteiger partial charge in [-0.15, -0.1) is 0 Å². The van der Waals surface area contributed by atoms with Crippen LogP contribution in [-0.4, -0.2) is 37.0 Å². The zero-order valence-electron chi connectivity index (χ0n) is 13.8. The average Bonchev–Trinajstić information content (AvgIpc) is 2.65. The zero-order valence-corrected chi connectivity index (χ0v) is 13.8. The predicted octanol–water partition coefficient (Wildman–Crippen LogP) is 2.00. The van der Waals surface area contributed by atoms with Crippen molar-refractivity contribution in [2.75, 3.05) is 20.2 Å². The van der Waals surface area contributed by atoms with Gasteiger partial charge in [-0.1, -0.05) is 42.5 Å². The molecule has 0 saturated heterocycles. The van der Waals surface area contributed by atoms with Gasteiger partial charge in [0.25, 0.3) is 5.91 Å². The molecular weight excluding hydrogens is 304 g/mol. The minimum atomic E-state index is -0.435.